The summed E-state index contributed by atoms with van der Waals surface area (Å²) < 4.78 is 1.41. The van der Waals surface area contributed by atoms with Gasteiger partial charge in [0, 0.05) is 23.9 Å². The highest BCUT2D eigenvalue weighted by Gasteiger charge is 2.34. The molecule has 3 rings (SSSR count). The predicted octanol–water partition coefficient (Wildman–Crippen LogP) is 2.26. The summed E-state index contributed by atoms with van der Waals surface area (Å²) in [5, 5.41) is 9.19. The van der Waals surface area contributed by atoms with Crippen molar-refractivity contribution in [2.45, 2.75) is 26.7 Å². The summed E-state index contributed by atoms with van der Waals surface area (Å²) in [5.41, 5.74) is 0.425. The Labute approximate surface area is 127 Å². The lowest BCUT2D eigenvalue weighted by molar-refractivity contribution is 0.0908. The second-order valence-electron chi connectivity index (χ2n) is 6.30. The Balaban J connectivity index is 2.39. The van der Waals surface area contributed by atoms with Gasteiger partial charge in [-0.3, -0.25) is 14.2 Å². The van der Waals surface area contributed by atoms with E-state index < -0.39 is 5.56 Å². The molecule has 2 heterocycles. The molecule has 2 aromatic rings. The normalized spacial score (nSPS) is 16.0. The summed E-state index contributed by atoms with van der Waals surface area (Å²) >= 11 is 0. The quantitative estimate of drug-likeness (QED) is 0.808. The number of pyridine rings is 2. The molecule has 0 radical (unpaired) electrons. The van der Waals surface area contributed by atoms with Crippen molar-refractivity contribution in [2.24, 2.45) is 5.41 Å². The van der Waals surface area contributed by atoms with E-state index in [0.29, 0.717) is 29.9 Å². The van der Waals surface area contributed by atoms with Crippen LogP contribution in [0.3, 0.4) is 0 Å². The molecule has 0 spiro atoms. The fourth-order valence-electron chi connectivity index (χ4n) is 2.92. The molecule has 0 fully saturated rings. The lowest BCUT2D eigenvalue weighted by Gasteiger charge is -2.31. The van der Waals surface area contributed by atoms with Gasteiger partial charge in [-0.15, -0.1) is 0 Å². The Morgan fingerprint density at radius 3 is 2.68 bits per heavy atom. The smallest absolute Gasteiger partial charge is 0.274 e. The van der Waals surface area contributed by atoms with Gasteiger partial charge >= 0.3 is 0 Å². The maximum absolute atomic E-state index is 12.6. The lowest BCUT2D eigenvalue weighted by Crippen LogP contribution is -2.35. The van der Waals surface area contributed by atoms with Crippen molar-refractivity contribution in [2.75, 3.05) is 0 Å². The Bertz CT molecular complexity index is 858. The van der Waals surface area contributed by atoms with Crippen molar-refractivity contribution in [3.63, 3.8) is 0 Å². The SMILES string of the molecule is CC1(C)CC(=O)c2cc(C#N)c(=O)n(-c3ccccn3)c2C1. The second kappa shape index (κ2) is 4.92. The predicted molar refractivity (Wildman–Crippen MR) is 81.0 cm³/mol. The van der Waals surface area contributed by atoms with Crippen molar-refractivity contribution >= 4 is 5.78 Å². The van der Waals surface area contributed by atoms with Crippen LogP contribution in [0.1, 0.15) is 41.9 Å². The maximum Gasteiger partial charge on any atom is 0.274 e. The summed E-state index contributed by atoms with van der Waals surface area (Å²) in [7, 11) is 0. The molecule has 1 aliphatic rings. The highest BCUT2D eigenvalue weighted by Crippen LogP contribution is 2.34. The van der Waals surface area contributed by atoms with Gasteiger partial charge in [0.05, 0.1) is 0 Å². The molecule has 0 N–H and O–H groups in total. The van der Waals surface area contributed by atoms with Crippen LogP contribution in [0.4, 0.5) is 0 Å². The molecular formula is C17H15N3O2. The van der Waals surface area contributed by atoms with Crippen LogP contribution < -0.4 is 5.56 Å². The van der Waals surface area contributed by atoms with E-state index in [2.05, 4.69) is 4.98 Å². The molecule has 0 amide bonds. The van der Waals surface area contributed by atoms with E-state index in [-0.39, 0.29) is 16.8 Å². The van der Waals surface area contributed by atoms with E-state index in [0.717, 1.165) is 0 Å². The van der Waals surface area contributed by atoms with Crippen molar-refractivity contribution in [3.05, 3.63) is 57.6 Å². The minimum Gasteiger partial charge on any atom is -0.294 e. The third-order valence-electron chi connectivity index (χ3n) is 3.89. The van der Waals surface area contributed by atoms with Crippen LogP contribution in [0, 0.1) is 16.7 Å². The van der Waals surface area contributed by atoms with E-state index >= 15 is 0 Å². The van der Waals surface area contributed by atoms with E-state index in [4.69, 9.17) is 0 Å². The zero-order chi connectivity index (χ0) is 15.9. The first kappa shape index (κ1) is 14.2. The molecule has 0 saturated carbocycles. The second-order valence-corrected chi connectivity index (χ2v) is 6.30. The van der Waals surface area contributed by atoms with Gasteiger partial charge in [0.25, 0.3) is 5.56 Å². The van der Waals surface area contributed by atoms with Crippen molar-refractivity contribution < 1.29 is 4.79 Å². The molecular weight excluding hydrogens is 278 g/mol. The number of Topliss-reactive ketones (excluding diaryl/α,β-unsaturated/α-hetero) is 1. The molecule has 1 aliphatic carbocycles. The topological polar surface area (TPSA) is 75.8 Å². The van der Waals surface area contributed by atoms with Gasteiger partial charge in [0.15, 0.2) is 5.78 Å². The minimum atomic E-state index is -0.426. The Hall–Kier alpha value is -2.74. The minimum absolute atomic E-state index is 0.0301. The van der Waals surface area contributed by atoms with Crippen molar-refractivity contribution in [1.29, 1.82) is 5.26 Å². The molecule has 0 aromatic carbocycles. The summed E-state index contributed by atoms with van der Waals surface area (Å²) in [6.45, 7) is 4.00. The summed E-state index contributed by atoms with van der Waals surface area (Å²) in [6.07, 6.45) is 2.58. The first-order chi connectivity index (χ1) is 10.4. The third-order valence-corrected chi connectivity index (χ3v) is 3.89. The number of fused-ring (bicyclic) bond motifs is 1. The average molecular weight is 293 g/mol. The van der Waals surface area contributed by atoms with Crippen LogP contribution in [0.2, 0.25) is 0 Å². The first-order valence-corrected chi connectivity index (χ1v) is 7.06. The fourth-order valence-corrected chi connectivity index (χ4v) is 2.92. The number of hydrogen-bond acceptors (Lipinski definition) is 4. The van der Waals surface area contributed by atoms with E-state index in [1.54, 1.807) is 24.4 Å². The molecule has 0 bridgehead atoms. The summed E-state index contributed by atoms with van der Waals surface area (Å²) in [5.74, 6) is 0.402. The number of ketones is 1. The highest BCUT2D eigenvalue weighted by atomic mass is 16.1. The molecule has 5 nitrogen and oxygen atoms in total. The van der Waals surface area contributed by atoms with Crippen LogP contribution in [0.25, 0.3) is 5.82 Å². The highest BCUT2D eigenvalue weighted by molar-refractivity contribution is 5.99. The average Bonchev–Trinajstić information content (AvgIpc) is 2.46. The molecule has 0 saturated heterocycles. The van der Waals surface area contributed by atoms with E-state index in [9.17, 15) is 14.9 Å². The first-order valence-electron chi connectivity index (χ1n) is 7.06. The number of nitriles is 1. The molecule has 5 heteroatoms. The number of rotatable bonds is 1. The van der Waals surface area contributed by atoms with E-state index in [1.807, 2.05) is 19.9 Å². The molecule has 2 aromatic heterocycles. The number of carbonyl (C=O) groups excluding carboxylic acids is 1. The number of nitrogens with zero attached hydrogens (tertiary/aromatic N) is 3. The molecule has 110 valence electrons. The van der Waals surface area contributed by atoms with Crippen LogP contribution >= 0.6 is 0 Å². The number of hydrogen-bond donors (Lipinski definition) is 0. The van der Waals surface area contributed by atoms with Gasteiger partial charge < -0.3 is 0 Å². The van der Waals surface area contributed by atoms with Gasteiger partial charge in [-0.25, -0.2) is 4.98 Å². The Kier molecular flexibility index (Phi) is 3.18. The van der Waals surface area contributed by atoms with Gasteiger partial charge in [0.2, 0.25) is 0 Å². The largest absolute Gasteiger partial charge is 0.294 e. The van der Waals surface area contributed by atoms with E-state index in [1.165, 1.54) is 10.6 Å². The summed E-state index contributed by atoms with van der Waals surface area (Å²) in [6, 6.07) is 8.54. The van der Waals surface area contributed by atoms with Gasteiger partial charge in [-0.05, 0) is 30.0 Å². The summed E-state index contributed by atoms with van der Waals surface area (Å²) in [4.78, 5) is 29.2. The maximum atomic E-state index is 12.6. The number of carbonyl (C=O) groups is 1. The number of aromatic nitrogens is 2. The zero-order valence-corrected chi connectivity index (χ0v) is 12.5. The fraction of sp³-hybridized carbons (Fsp3) is 0.294. The Morgan fingerprint density at radius 2 is 2.05 bits per heavy atom. The van der Waals surface area contributed by atoms with Crippen LogP contribution in [0.5, 0.6) is 0 Å². The molecule has 22 heavy (non-hydrogen) atoms. The van der Waals surface area contributed by atoms with Crippen LogP contribution in [0.15, 0.2) is 35.3 Å². The molecule has 0 atom stereocenters. The lowest BCUT2D eigenvalue weighted by atomic mass is 9.75. The van der Waals surface area contributed by atoms with Gasteiger partial charge in [-0.2, -0.15) is 5.26 Å². The third kappa shape index (κ3) is 2.23. The van der Waals surface area contributed by atoms with Crippen molar-refractivity contribution in [1.82, 2.24) is 9.55 Å². The van der Waals surface area contributed by atoms with Crippen LogP contribution in [-0.2, 0) is 6.42 Å². The van der Waals surface area contributed by atoms with Crippen LogP contribution in [-0.4, -0.2) is 15.3 Å². The molecule has 0 unspecified atom stereocenters. The Morgan fingerprint density at radius 1 is 1.27 bits per heavy atom. The van der Waals surface area contributed by atoms with Crippen molar-refractivity contribution in [3.8, 4) is 11.9 Å². The molecule has 0 aliphatic heterocycles. The van der Waals surface area contributed by atoms with Gasteiger partial charge in [-0.1, -0.05) is 19.9 Å². The zero-order valence-electron chi connectivity index (χ0n) is 12.5. The monoisotopic (exact) mass is 293 g/mol. The van der Waals surface area contributed by atoms with Gasteiger partial charge in [0.1, 0.15) is 17.5 Å². The standard InChI is InChI=1S/C17H15N3O2/c1-17(2)8-13-12(14(21)9-17)7-11(10-18)16(22)20(13)15-5-3-4-6-19-15/h3-7H,8-9H2,1-2H3.